The molecule has 0 saturated carbocycles. The minimum atomic E-state index is -0.906. The van der Waals surface area contributed by atoms with Crippen LogP contribution in [0, 0.1) is 39.2 Å². The van der Waals surface area contributed by atoms with Gasteiger partial charge in [0.1, 0.15) is 35.4 Å². The molecule has 0 bridgehead atoms. The first-order valence-electron chi connectivity index (χ1n) is 17.5. The molecule has 1 N–H and O–H groups in total. The Labute approximate surface area is 292 Å². The van der Waals surface area contributed by atoms with Crippen molar-refractivity contribution in [2.75, 3.05) is 6.61 Å². The highest BCUT2D eigenvalue weighted by molar-refractivity contribution is 5.93. The fraction of sp³-hybridized carbons (Fsp3) is 0.622. The summed E-state index contributed by atoms with van der Waals surface area (Å²) in [5, 5.41) is 19.7. The van der Waals surface area contributed by atoms with E-state index < -0.39 is 40.6 Å². The van der Waals surface area contributed by atoms with Gasteiger partial charge in [-0.3, -0.25) is 14.4 Å². The van der Waals surface area contributed by atoms with Gasteiger partial charge >= 0.3 is 23.9 Å². The maximum absolute atomic E-state index is 13.1. The Hall–Kier alpha value is -4.42. The molecular formula is C37H49NO12. The standard InChI is InChI=1S/C37H49NO12/c1-6-37(4,5)36(43)50-31-18-22(2)17-24-11-10-23(3)28(34(24)31)14-12-25-19-27(21-33(41)48-25)49-35(42)29-20-26(13-15-30(29)39)47-32(40)9-7-8-16-46-38(44)45/h10-11,13,15,17,20,22-23,25,27-28,31,34,39H,6-9,12,14,16,18-19,21H2,1-5H3. The number of carbonyl (C=O) groups is 4. The van der Waals surface area contributed by atoms with Gasteiger partial charge in [-0.1, -0.05) is 39.0 Å². The van der Waals surface area contributed by atoms with E-state index in [4.69, 9.17) is 18.9 Å². The molecule has 0 radical (unpaired) electrons. The molecule has 13 heteroatoms. The Kier molecular flexibility index (Phi) is 13.0. The third-order valence-corrected chi connectivity index (χ3v) is 10.00. The molecule has 1 aliphatic heterocycles. The van der Waals surface area contributed by atoms with E-state index in [1.807, 2.05) is 20.8 Å². The summed E-state index contributed by atoms with van der Waals surface area (Å²) < 4.78 is 22.8. The number of fused-ring (bicyclic) bond motifs is 1. The molecule has 1 aromatic rings. The summed E-state index contributed by atoms with van der Waals surface area (Å²) in [5.74, 6) is -1.96. The molecule has 0 aromatic heterocycles. The Balaban J connectivity index is 1.36. The highest BCUT2D eigenvalue weighted by atomic mass is 16.9. The molecule has 4 rings (SSSR count). The summed E-state index contributed by atoms with van der Waals surface area (Å²) in [7, 11) is 0. The normalized spacial score (nSPS) is 26.1. The van der Waals surface area contributed by atoms with Crippen LogP contribution in [0.3, 0.4) is 0 Å². The van der Waals surface area contributed by atoms with Gasteiger partial charge in [-0.15, -0.1) is 10.1 Å². The molecule has 1 heterocycles. The van der Waals surface area contributed by atoms with Gasteiger partial charge in [0, 0.05) is 18.8 Å². The van der Waals surface area contributed by atoms with Crippen molar-refractivity contribution in [3.8, 4) is 11.5 Å². The smallest absolute Gasteiger partial charge is 0.342 e. The van der Waals surface area contributed by atoms with Crippen molar-refractivity contribution < 1.29 is 53.2 Å². The van der Waals surface area contributed by atoms with Gasteiger partial charge in [-0.2, -0.15) is 0 Å². The predicted molar refractivity (Wildman–Crippen MR) is 179 cm³/mol. The van der Waals surface area contributed by atoms with Gasteiger partial charge in [-0.25, -0.2) is 4.79 Å². The van der Waals surface area contributed by atoms with Gasteiger partial charge < -0.3 is 28.9 Å². The van der Waals surface area contributed by atoms with Crippen molar-refractivity contribution in [3.63, 3.8) is 0 Å². The van der Waals surface area contributed by atoms with Crippen LogP contribution in [0.2, 0.25) is 0 Å². The first-order valence-corrected chi connectivity index (χ1v) is 17.5. The first-order chi connectivity index (χ1) is 23.7. The topological polar surface area (TPSA) is 178 Å². The number of phenols is 1. The van der Waals surface area contributed by atoms with Crippen LogP contribution >= 0.6 is 0 Å². The Morgan fingerprint density at radius 3 is 2.58 bits per heavy atom. The minimum absolute atomic E-state index is 0.00522. The highest BCUT2D eigenvalue weighted by Gasteiger charge is 2.43. The van der Waals surface area contributed by atoms with E-state index in [1.54, 1.807) is 0 Å². The summed E-state index contributed by atoms with van der Waals surface area (Å²) in [5.41, 5.74) is 0.355. The van der Waals surface area contributed by atoms with Crippen LogP contribution in [0.15, 0.2) is 42.0 Å². The second-order valence-electron chi connectivity index (χ2n) is 14.3. The average molecular weight is 700 g/mol. The van der Waals surface area contributed by atoms with Crippen LogP contribution in [0.25, 0.3) is 0 Å². The van der Waals surface area contributed by atoms with Crippen molar-refractivity contribution in [1.82, 2.24) is 0 Å². The van der Waals surface area contributed by atoms with Crippen LogP contribution < -0.4 is 4.74 Å². The van der Waals surface area contributed by atoms with E-state index in [2.05, 4.69) is 36.9 Å². The van der Waals surface area contributed by atoms with E-state index in [-0.39, 0.29) is 91.5 Å². The summed E-state index contributed by atoms with van der Waals surface area (Å²) in [6.07, 6.45) is 8.33. The van der Waals surface area contributed by atoms with Crippen molar-refractivity contribution >= 4 is 23.9 Å². The maximum Gasteiger partial charge on any atom is 0.342 e. The lowest BCUT2D eigenvalue weighted by Crippen LogP contribution is -2.43. The van der Waals surface area contributed by atoms with Crippen molar-refractivity contribution in [3.05, 3.63) is 57.7 Å². The SMILES string of the molecule is CCC(C)(C)C(=O)OC1CC(C)C=C2C=CC(C)C(CCC3CC(OC(=O)c4cc(OC(=O)CCCCO[N+](=O)[O-])ccc4O)CC(=O)O3)C21. The summed E-state index contributed by atoms with van der Waals surface area (Å²) in [4.78, 5) is 65.6. The largest absolute Gasteiger partial charge is 0.507 e. The molecule has 0 amide bonds. The zero-order valence-corrected chi connectivity index (χ0v) is 29.5. The third kappa shape index (κ3) is 10.3. The van der Waals surface area contributed by atoms with Gasteiger partial charge in [0.05, 0.1) is 18.4 Å². The zero-order valence-electron chi connectivity index (χ0n) is 29.5. The number of benzene rings is 1. The number of rotatable bonds is 15. The second-order valence-corrected chi connectivity index (χ2v) is 14.3. The van der Waals surface area contributed by atoms with Crippen LogP contribution in [-0.2, 0) is 33.4 Å². The third-order valence-electron chi connectivity index (χ3n) is 10.00. The van der Waals surface area contributed by atoms with Crippen molar-refractivity contribution in [2.24, 2.45) is 29.1 Å². The van der Waals surface area contributed by atoms with Crippen LogP contribution in [-0.4, -0.2) is 59.0 Å². The van der Waals surface area contributed by atoms with Gasteiger partial charge in [-0.05, 0) is 93.9 Å². The van der Waals surface area contributed by atoms with E-state index in [0.29, 0.717) is 19.3 Å². The summed E-state index contributed by atoms with van der Waals surface area (Å²) in [6.45, 7) is 9.91. The quantitative estimate of drug-likeness (QED) is 0.0530. The first kappa shape index (κ1) is 38.4. The van der Waals surface area contributed by atoms with Crippen molar-refractivity contribution in [2.45, 2.75) is 111 Å². The molecule has 3 aliphatic rings. The highest BCUT2D eigenvalue weighted by Crippen LogP contribution is 2.46. The van der Waals surface area contributed by atoms with E-state index in [9.17, 15) is 34.4 Å². The lowest BCUT2D eigenvalue weighted by atomic mass is 9.65. The predicted octanol–water partition coefficient (Wildman–Crippen LogP) is 6.44. The monoisotopic (exact) mass is 699 g/mol. The average Bonchev–Trinajstić information content (AvgIpc) is 3.04. The number of hydrogen-bond donors (Lipinski definition) is 1. The maximum atomic E-state index is 13.1. The molecular weight excluding hydrogens is 650 g/mol. The molecule has 0 spiro atoms. The fourth-order valence-corrected chi connectivity index (χ4v) is 6.80. The summed E-state index contributed by atoms with van der Waals surface area (Å²) >= 11 is 0. The molecule has 7 atom stereocenters. The second kappa shape index (κ2) is 17.0. The Bertz CT molecular complexity index is 1480. The Morgan fingerprint density at radius 2 is 1.86 bits per heavy atom. The zero-order chi connectivity index (χ0) is 36.6. The van der Waals surface area contributed by atoms with E-state index >= 15 is 0 Å². The van der Waals surface area contributed by atoms with Gasteiger partial charge in [0.15, 0.2) is 0 Å². The number of allylic oxidation sites excluding steroid dienone is 3. The molecule has 2 aliphatic carbocycles. The molecule has 50 heavy (non-hydrogen) atoms. The number of unbranched alkanes of at least 4 members (excludes halogenated alkanes) is 1. The molecule has 1 fully saturated rings. The number of aromatic hydroxyl groups is 1. The van der Waals surface area contributed by atoms with E-state index in [0.717, 1.165) is 6.42 Å². The number of ether oxygens (including phenoxy) is 4. The van der Waals surface area contributed by atoms with Crippen LogP contribution in [0.1, 0.15) is 103 Å². The molecule has 7 unspecified atom stereocenters. The number of nitrogens with zero attached hydrogens (tertiary/aromatic N) is 1. The van der Waals surface area contributed by atoms with E-state index in [1.165, 1.54) is 23.8 Å². The summed E-state index contributed by atoms with van der Waals surface area (Å²) in [6, 6.07) is 3.70. The molecule has 1 saturated heterocycles. The molecule has 1 aromatic carbocycles. The van der Waals surface area contributed by atoms with Crippen LogP contribution in [0.5, 0.6) is 11.5 Å². The van der Waals surface area contributed by atoms with Crippen LogP contribution in [0.4, 0.5) is 0 Å². The minimum Gasteiger partial charge on any atom is -0.507 e. The Morgan fingerprint density at radius 1 is 1.10 bits per heavy atom. The fourth-order valence-electron chi connectivity index (χ4n) is 6.80. The number of carbonyl (C=O) groups excluding carboxylic acids is 4. The number of cyclic esters (lactones) is 1. The number of esters is 4. The van der Waals surface area contributed by atoms with Gasteiger partial charge in [0.25, 0.3) is 5.09 Å². The molecule has 13 nitrogen and oxygen atoms in total. The lowest BCUT2D eigenvalue weighted by Gasteiger charge is -2.44. The van der Waals surface area contributed by atoms with Crippen molar-refractivity contribution in [1.29, 1.82) is 0 Å². The lowest BCUT2D eigenvalue weighted by molar-refractivity contribution is -0.757. The number of phenolic OH excluding ortho intramolecular Hbond substituents is 1. The van der Waals surface area contributed by atoms with Gasteiger partial charge in [0.2, 0.25) is 0 Å². The molecule has 274 valence electrons. The number of hydrogen-bond acceptors (Lipinski definition) is 12.